The lowest BCUT2D eigenvalue weighted by Crippen LogP contribution is -2.13. The fourth-order valence-electron chi connectivity index (χ4n) is 0.962. The van der Waals surface area contributed by atoms with Gasteiger partial charge in [0.15, 0.2) is 0 Å². The molecule has 1 rings (SSSR count). The molecule has 0 amide bonds. The van der Waals surface area contributed by atoms with Crippen LogP contribution in [0.25, 0.3) is 0 Å². The SMILES string of the molecule is NOC(=O)C1=CC=C(SN)CC1. The molecule has 5 heteroatoms. The molecular weight excluding hydrogens is 176 g/mol. The third-order valence-corrected chi connectivity index (χ3v) is 2.27. The van der Waals surface area contributed by atoms with Crippen molar-refractivity contribution < 1.29 is 9.63 Å². The molecule has 4 nitrogen and oxygen atoms in total. The second-order valence-corrected chi connectivity index (χ2v) is 3.11. The van der Waals surface area contributed by atoms with Crippen LogP contribution in [0.1, 0.15) is 12.8 Å². The Hall–Kier alpha value is -0.780. The van der Waals surface area contributed by atoms with Gasteiger partial charge in [-0.3, -0.25) is 5.14 Å². The van der Waals surface area contributed by atoms with E-state index in [0.29, 0.717) is 12.0 Å². The molecule has 0 unspecified atom stereocenters. The topological polar surface area (TPSA) is 78.3 Å². The van der Waals surface area contributed by atoms with Gasteiger partial charge >= 0.3 is 5.97 Å². The molecule has 0 aromatic carbocycles. The van der Waals surface area contributed by atoms with Gasteiger partial charge in [-0.2, -0.15) is 5.90 Å². The molecule has 0 atom stereocenters. The zero-order valence-corrected chi connectivity index (χ0v) is 7.26. The van der Waals surface area contributed by atoms with Gasteiger partial charge in [-0.1, -0.05) is 24.1 Å². The number of allylic oxidation sites excluding steroid dienone is 3. The van der Waals surface area contributed by atoms with E-state index in [1.165, 1.54) is 11.9 Å². The van der Waals surface area contributed by atoms with E-state index < -0.39 is 5.97 Å². The van der Waals surface area contributed by atoms with Crippen molar-refractivity contribution in [2.75, 3.05) is 0 Å². The highest BCUT2D eigenvalue weighted by atomic mass is 32.2. The van der Waals surface area contributed by atoms with E-state index in [1.54, 1.807) is 12.2 Å². The molecule has 0 aromatic rings. The molecule has 66 valence electrons. The van der Waals surface area contributed by atoms with Crippen molar-refractivity contribution in [1.29, 1.82) is 0 Å². The molecule has 0 spiro atoms. The van der Waals surface area contributed by atoms with Gasteiger partial charge in [0.1, 0.15) is 0 Å². The third kappa shape index (κ3) is 2.10. The van der Waals surface area contributed by atoms with Crippen LogP contribution < -0.4 is 11.0 Å². The summed E-state index contributed by atoms with van der Waals surface area (Å²) in [5.74, 6) is 4.26. The lowest BCUT2D eigenvalue weighted by atomic mass is 10.1. The molecule has 1 aliphatic carbocycles. The summed E-state index contributed by atoms with van der Waals surface area (Å²) in [7, 11) is 0. The van der Waals surface area contributed by atoms with E-state index in [-0.39, 0.29) is 0 Å². The standard InChI is InChI=1S/C7H10N2O2S/c8-11-7(10)5-1-3-6(12-9)4-2-5/h1,3H,2,4,8-9H2. The van der Waals surface area contributed by atoms with Crippen molar-refractivity contribution in [2.24, 2.45) is 11.0 Å². The number of hydrogen-bond acceptors (Lipinski definition) is 5. The monoisotopic (exact) mass is 186 g/mol. The van der Waals surface area contributed by atoms with Crippen LogP contribution in [0.5, 0.6) is 0 Å². The normalized spacial score (nSPS) is 16.5. The maximum absolute atomic E-state index is 10.9. The molecule has 0 heterocycles. The Bertz CT molecular complexity index is 248. The smallest absolute Gasteiger partial charge is 0.352 e. The largest absolute Gasteiger partial charge is 0.370 e. The average Bonchev–Trinajstić information content (AvgIpc) is 2.17. The van der Waals surface area contributed by atoms with Gasteiger partial charge in [0.25, 0.3) is 0 Å². The van der Waals surface area contributed by atoms with Crippen LogP contribution in [-0.4, -0.2) is 5.97 Å². The Labute approximate surface area is 74.7 Å². The maximum atomic E-state index is 10.9. The third-order valence-electron chi connectivity index (χ3n) is 1.63. The van der Waals surface area contributed by atoms with Crippen molar-refractivity contribution in [2.45, 2.75) is 12.8 Å². The number of rotatable bonds is 2. The molecule has 4 N–H and O–H groups in total. The predicted molar refractivity (Wildman–Crippen MR) is 47.5 cm³/mol. The van der Waals surface area contributed by atoms with Gasteiger partial charge in [-0.15, -0.1) is 0 Å². The first kappa shape index (κ1) is 9.31. The minimum absolute atomic E-state index is 0.465. The summed E-state index contributed by atoms with van der Waals surface area (Å²) in [6.45, 7) is 0. The van der Waals surface area contributed by atoms with Crippen molar-refractivity contribution in [3.05, 3.63) is 22.6 Å². The van der Waals surface area contributed by atoms with Crippen molar-refractivity contribution >= 4 is 17.9 Å². The predicted octanol–water partition coefficient (Wildman–Crippen LogP) is 0.614. The van der Waals surface area contributed by atoms with Crippen molar-refractivity contribution in [1.82, 2.24) is 0 Å². The maximum Gasteiger partial charge on any atom is 0.352 e. The van der Waals surface area contributed by atoms with Gasteiger partial charge in [-0.05, 0) is 12.8 Å². The van der Waals surface area contributed by atoms with Crippen LogP contribution in [0.15, 0.2) is 22.6 Å². The van der Waals surface area contributed by atoms with Crippen LogP contribution in [0.4, 0.5) is 0 Å². The summed E-state index contributed by atoms with van der Waals surface area (Å²) in [4.78, 5) is 16.0. The van der Waals surface area contributed by atoms with E-state index in [0.717, 1.165) is 11.3 Å². The summed E-state index contributed by atoms with van der Waals surface area (Å²) in [6.07, 6.45) is 4.92. The van der Waals surface area contributed by atoms with Gasteiger partial charge < -0.3 is 4.84 Å². The number of hydrogen-bond donors (Lipinski definition) is 2. The van der Waals surface area contributed by atoms with Crippen LogP contribution in [0, 0.1) is 0 Å². The second kappa shape index (κ2) is 4.30. The summed E-state index contributed by atoms with van der Waals surface area (Å²) in [6, 6.07) is 0. The first-order valence-electron chi connectivity index (χ1n) is 3.45. The fourth-order valence-corrected chi connectivity index (χ4v) is 1.33. The molecule has 1 aliphatic rings. The Kier molecular flexibility index (Phi) is 3.33. The quantitative estimate of drug-likeness (QED) is 0.488. The lowest BCUT2D eigenvalue weighted by Gasteiger charge is -2.09. The van der Waals surface area contributed by atoms with Gasteiger partial charge in [0, 0.05) is 10.5 Å². The van der Waals surface area contributed by atoms with E-state index in [9.17, 15) is 4.79 Å². The summed E-state index contributed by atoms with van der Waals surface area (Å²) in [5.41, 5.74) is 0.593. The first-order chi connectivity index (χ1) is 5.77. The highest BCUT2D eigenvalue weighted by molar-refractivity contribution is 8.00. The van der Waals surface area contributed by atoms with Gasteiger partial charge in [0.2, 0.25) is 0 Å². The van der Waals surface area contributed by atoms with Crippen LogP contribution in [0.3, 0.4) is 0 Å². The van der Waals surface area contributed by atoms with Crippen molar-refractivity contribution in [3.63, 3.8) is 0 Å². The Morgan fingerprint density at radius 1 is 1.50 bits per heavy atom. The zero-order chi connectivity index (χ0) is 8.97. The highest BCUT2D eigenvalue weighted by Crippen LogP contribution is 2.23. The number of nitrogens with two attached hydrogens (primary N) is 2. The molecule has 0 saturated heterocycles. The number of carbonyl (C=O) groups excluding carboxylic acids is 1. The molecule has 0 saturated carbocycles. The van der Waals surface area contributed by atoms with E-state index in [2.05, 4.69) is 4.84 Å². The van der Waals surface area contributed by atoms with Gasteiger partial charge in [-0.25, -0.2) is 4.79 Å². The van der Waals surface area contributed by atoms with E-state index >= 15 is 0 Å². The molecule has 0 aromatic heterocycles. The summed E-state index contributed by atoms with van der Waals surface area (Å²) in [5, 5.41) is 5.34. The Morgan fingerprint density at radius 2 is 2.25 bits per heavy atom. The lowest BCUT2D eigenvalue weighted by molar-refractivity contribution is -0.139. The van der Waals surface area contributed by atoms with Crippen LogP contribution >= 0.6 is 11.9 Å². The average molecular weight is 186 g/mol. The fraction of sp³-hybridized carbons (Fsp3) is 0.286. The summed E-state index contributed by atoms with van der Waals surface area (Å²) < 4.78 is 0. The van der Waals surface area contributed by atoms with Crippen LogP contribution in [-0.2, 0) is 9.63 Å². The molecule has 12 heavy (non-hydrogen) atoms. The molecule has 0 bridgehead atoms. The minimum atomic E-state index is -0.465. The Balaban J connectivity index is 2.66. The molecule has 0 fully saturated rings. The molecule has 0 radical (unpaired) electrons. The minimum Gasteiger partial charge on any atom is -0.370 e. The highest BCUT2D eigenvalue weighted by Gasteiger charge is 2.13. The van der Waals surface area contributed by atoms with E-state index in [4.69, 9.17) is 11.0 Å². The van der Waals surface area contributed by atoms with Crippen LogP contribution in [0.2, 0.25) is 0 Å². The molecule has 0 aliphatic heterocycles. The Morgan fingerprint density at radius 3 is 2.67 bits per heavy atom. The first-order valence-corrected chi connectivity index (χ1v) is 4.33. The van der Waals surface area contributed by atoms with E-state index in [1.807, 2.05) is 0 Å². The number of carbonyl (C=O) groups is 1. The summed E-state index contributed by atoms with van der Waals surface area (Å²) >= 11 is 1.20. The molecular formula is C7H10N2O2S. The second-order valence-electron chi connectivity index (χ2n) is 2.35. The van der Waals surface area contributed by atoms with Crippen molar-refractivity contribution in [3.8, 4) is 0 Å². The van der Waals surface area contributed by atoms with Gasteiger partial charge in [0.05, 0.1) is 0 Å². The zero-order valence-electron chi connectivity index (χ0n) is 6.45.